The van der Waals surface area contributed by atoms with Crippen LogP contribution >= 0.6 is 0 Å². The van der Waals surface area contributed by atoms with Crippen LogP contribution in [0.5, 0.6) is 0 Å². The van der Waals surface area contributed by atoms with Gasteiger partial charge in [-0.1, -0.05) is 12.5 Å². The molecule has 0 bridgehead atoms. The molecule has 2 saturated carbocycles. The maximum Gasteiger partial charge on any atom is 0.226 e. The van der Waals surface area contributed by atoms with Crippen LogP contribution in [-0.2, 0) is 4.74 Å². The first-order valence-corrected chi connectivity index (χ1v) is 8.67. The van der Waals surface area contributed by atoms with Crippen LogP contribution in [0.2, 0.25) is 0 Å². The average molecular weight is 310 g/mol. The van der Waals surface area contributed by atoms with Crippen molar-refractivity contribution in [3.8, 4) is 11.5 Å². The zero-order valence-corrected chi connectivity index (χ0v) is 13.4. The minimum Gasteiger partial charge on any atom is -0.444 e. The molecular weight excluding hydrogens is 288 g/mol. The zero-order chi connectivity index (χ0) is 15.4. The molecule has 2 heterocycles. The molecule has 1 spiro atoms. The first-order chi connectivity index (χ1) is 11.3. The molecular formula is C19H22N2O2. The highest BCUT2D eigenvalue weighted by atomic mass is 16.5. The van der Waals surface area contributed by atoms with Gasteiger partial charge in [0.1, 0.15) is 6.26 Å². The maximum atomic E-state index is 6.01. The maximum absolute atomic E-state index is 6.01. The molecule has 4 heteroatoms. The van der Waals surface area contributed by atoms with Crippen molar-refractivity contribution in [1.82, 2.24) is 4.98 Å². The van der Waals surface area contributed by atoms with Gasteiger partial charge in [0.2, 0.25) is 5.89 Å². The molecule has 3 unspecified atom stereocenters. The summed E-state index contributed by atoms with van der Waals surface area (Å²) in [5, 5.41) is 3.81. The van der Waals surface area contributed by atoms with E-state index in [1.165, 1.54) is 31.4 Å². The molecule has 2 aliphatic carbocycles. The van der Waals surface area contributed by atoms with Crippen molar-refractivity contribution in [3.05, 3.63) is 36.2 Å². The zero-order valence-electron chi connectivity index (χ0n) is 13.4. The summed E-state index contributed by atoms with van der Waals surface area (Å²) in [5.74, 6) is 1.38. The van der Waals surface area contributed by atoms with Crippen LogP contribution in [0.1, 0.15) is 31.4 Å². The molecule has 3 atom stereocenters. The van der Waals surface area contributed by atoms with Gasteiger partial charge < -0.3 is 14.5 Å². The lowest BCUT2D eigenvalue weighted by molar-refractivity contribution is -0.158. The fraction of sp³-hybridized carbons (Fsp3) is 0.526. The molecule has 1 aromatic carbocycles. The molecule has 2 aromatic rings. The van der Waals surface area contributed by atoms with E-state index in [0.29, 0.717) is 29.4 Å². The highest BCUT2D eigenvalue weighted by molar-refractivity contribution is 5.62. The van der Waals surface area contributed by atoms with E-state index in [0.717, 1.165) is 17.9 Å². The predicted octanol–water partition coefficient (Wildman–Crippen LogP) is 4.02. The second-order valence-corrected chi connectivity index (χ2v) is 7.33. The molecule has 1 N–H and O–H groups in total. The number of anilines is 1. The topological polar surface area (TPSA) is 47.3 Å². The summed E-state index contributed by atoms with van der Waals surface area (Å²) in [6.45, 7) is 2.88. The Hall–Kier alpha value is -1.81. The number of nitrogens with one attached hydrogen (secondary N) is 1. The first kappa shape index (κ1) is 13.6. The van der Waals surface area contributed by atoms with Gasteiger partial charge in [0.15, 0.2) is 0 Å². The molecule has 0 radical (unpaired) electrons. The number of oxazole rings is 1. The molecule has 3 fully saturated rings. The summed E-state index contributed by atoms with van der Waals surface area (Å²) in [5.41, 5.74) is 3.51. The Labute approximate surface area is 136 Å². The Kier molecular flexibility index (Phi) is 2.87. The number of benzene rings is 1. The van der Waals surface area contributed by atoms with Crippen LogP contribution < -0.4 is 5.32 Å². The second-order valence-electron chi connectivity index (χ2n) is 7.33. The number of ether oxygens (including phenoxy) is 1. The number of hydrogen-bond acceptors (Lipinski definition) is 4. The van der Waals surface area contributed by atoms with E-state index in [9.17, 15) is 0 Å². The number of nitrogens with zero attached hydrogens (tertiary/aromatic N) is 1. The predicted molar refractivity (Wildman–Crippen MR) is 88.2 cm³/mol. The van der Waals surface area contributed by atoms with Crippen molar-refractivity contribution >= 4 is 5.69 Å². The monoisotopic (exact) mass is 310 g/mol. The van der Waals surface area contributed by atoms with Crippen molar-refractivity contribution in [3.63, 3.8) is 0 Å². The van der Waals surface area contributed by atoms with Gasteiger partial charge in [-0.15, -0.1) is 0 Å². The smallest absolute Gasteiger partial charge is 0.226 e. The van der Waals surface area contributed by atoms with Crippen LogP contribution in [0.3, 0.4) is 0 Å². The van der Waals surface area contributed by atoms with Crippen LogP contribution in [0.15, 0.2) is 34.9 Å². The van der Waals surface area contributed by atoms with Gasteiger partial charge in [0, 0.05) is 35.2 Å². The normalized spacial score (nSPS) is 30.6. The Morgan fingerprint density at radius 2 is 2.22 bits per heavy atom. The molecule has 3 aliphatic rings. The van der Waals surface area contributed by atoms with Gasteiger partial charge in [0.25, 0.3) is 0 Å². The fourth-order valence-corrected chi connectivity index (χ4v) is 4.86. The molecule has 4 nitrogen and oxygen atoms in total. The summed E-state index contributed by atoms with van der Waals surface area (Å²) in [7, 11) is 0. The van der Waals surface area contributed by atoms with Crippen LogP contribution in [0.25, 0.3) is 11.5 Å². The Morgan fingerprint density at radius 1 is 1.30 bits per heavy atom. The number of aromatic nitrogens is 1. The van der Waals surface area contributed by atoms with Crippen molar-refractivity contribution in [2.24, 2.45) is 11.3 Å². The van der Waals surface area contributed by atoms with Gasteiger partial charge in [0.05, 0.1) is 11.8 Å². The van der Waals surface area contributed by atoms with Gasteiger partial charge >= 0.3 is 0 Å². The summed E-state index contributed by atoms with van der Waals surface area (Å²) in [6, 6.07) is 8.99. The number of hydrogen-bond donors (Lipinski definition) is 1. The number of aryl methyl sites for hydroxylation is 1. The first-order valence-electron chi connectivity index (χ1n) is 8.67. The molecule has 120 valence electrons. The number of fused-ring (bicyclic) bond motifs is 2. The molecule has 0 amide bonds. The highest BCUT2D eigenvalue weighted by Crippen LogP contribution is 2.63. The third-order valence-corrected chi connectivity index (χ3v) is 6.09. The van der Waals surface area contributed by atoms with E-state index >= 15 is 0 Å². The van der Waals surface area contributed by atoms with Crippen LogP contribution in [-0.4, -0.2) is 23.7 Å². The lowest BCUT2D eigenvalue weighted by Gasteiger charge is -2.63. The standard InChI is InChI=1S/C19H22N2O2/c1-12-11-23-18(20-12)13-4-2-5-14(10-13)21-16-15-6-9-22-17(15)19(16)7-3-8-19/h2,4-5,10-11,15-17,21H,3,6-9H2,1H3. The van der Waals surface area contributed by atoms with E-state index in [1.54, 1.807) is 6.26 Å². The highest BCUT2D eigenvalue weighted by Gasteiger charge is 2.66. The minimum atomic E-state index is 0.399. The summed E-state index contributed by atoms with van der Waals surface area (Å²) in [4.78, 5) is 4.43. The van der Waals surface area contributed by atoms with Crippen LogP contribution in [0.4, 0.5) is 5.69 Å². The summed E-state index contributed by atoms with van der Waals surface area (Å²) >= 11 is 0. The fourth-order valence-electron chi connectivity index (χ4n) is 4.86. The van der Waals surface area contributed by atoms with Crippen molar-refractivity contribution < 1.29 is 9.15 Å². The van der Waals surface area contributed by atoms with E-state index in [2.05, 4.69) is 34.6 Å². The van der Waals surface area contributed by atoms with E-state index in [4.69, 9.17) is 9.15 Å². The average Bonchev–Trinajstić information content (AvgIpc) is 3.11. The Balaban J connectivity index is 1.40. The Bertz CT molecular complexity index is 734. The lowest BCUT2D eigenvalue weighted by atomic mass is 9.46. The molecule has 1 saturated heterocycles. The summed E-state index contributed by atoms with van der Waals surface area (Å²) < 4.78 is 11.5. The molecule has 1 aliphatic heterocycles. The van der Waals surface area contributed by atoms with Crippen molar-refractivity contribution in [2.45, 2.75) is 44.8 Å². The van der Waals surface area contributed by atoms with Crippen molar-refractivity contribution in [1.29, 1.82) is 0 Å². The largest absolute Gasteiger partial charge is 0.444 e. The van der Waals surface area contributed by atoms with Crippen LogP contribution in [0, 0.1) is 18.3 Å². The number of rotatable bonds is 3. The third-order valence-electron chi connectivity index (χ3n) is 6.09. The van der Waals surface area contributed by atoms with Gasteiger partial charge in [-0.05, 0) is 44.4 Å². The second kappa shape index (κ2) is 4.84. The van der Waals surface area contributed by atoms with E-state index in [-0.39, 0.29) is 0 Å². The van der Waals surface area contributed by atoms with Gasteiger partial charge in [-0.25, -0.2) is 4.98 Å². The lowest BCUT2D eigenvalue weighted by Crippen LogP contribution is -2.68. The quantitative estimate of drug-likeness (QED) is 0.930. The molecule has 5 rings (SSSR count). The van der Waals surface area contributed by atoms with Gasteiger partial charge in [-0.3, -0.25) is 0 Å². The van der Waals surface area contributed by atoms with E-state index < -0.39 is 0 Å². The minimum absolute atomic E-state index is 0.399. The summed E-state index contributed by atoms with van der Waals surface area (Å²) in [6.07, 6.45) is 7.37. The molecule has 1 aromatic heterocycles. The third kappa shape index (κ3) is 1.91. The van der Waals surface area contributed by atoms with Gasteiger partial charge in [-0.2, -0.15) is 0 Å². The van der Waals surface area contributed by atoms with Crippen molar-refractivity contribution in [2.75, 3.05) is 11.9 Å². The Morgan fingerprint density at radius 3 is 2.96 bits per heavy atom. The molecule has 23 heavy (non-hydrogen) atoms. The van der Waals surface area contributed by atoms with E-state index in [1.807, 2.05) is 6.92 Å². The SMILES string of the molecule is Cc1coc(-c2cccc(NC3C4CCOC4C34CCC4)c2)n1.